The molecule has 1 aromatic heterocycles. The van der Waals surface area contributed by atoms with Crippen molar-refractivity contribution in [2.75, 3.05) is 12.4 Å². The lowest BCUT2D eigenvalue weighted by atomic mass is 10.1. The molecule has 2 aromatic rings. The van der Waals surface area contributed by atoms with Gasteiger partial charge in [0.1, 0.15) is 5.69 Å². The van der Waals surface area contributed by atoms with E-state index in [4.69, 9.17) is 0 Å². The van der Waals surface area contributed by atoms with Crippen molar-refractivity contribution >= 4 is 45.4 Å². The molecule has 1 aliphatic heterocycles. The van der Waals surface area contributed by atoms with E-state index in [9.17, 15) is 5.11 Å². The summed E-state index contributed by atoms with van der Waals surface area (Å²) in [5, 5.41) is 12.6. The quantitative estimate of drug-likeness (QED) is 0.796. The van der Waals surface area contributed by atoms with E-state index in [-0.39, 0.29) is 5.88 Å². The Hall–Kier alpha value is -2.08. The molecule has 19 heavy (non-hydrogen) atoms. The van der Waals surface area contributed by atoms with Crippen LogP contribution in [-0.2, 0) is 0 Å². The van der Waals surface area contributed by atoms with E-state index >= 15 is 0 Å². The molecular weight excluding hydrogens is 308 g/mol. The summed E-state index contributed by atoms with van der Waals surface area (Å²) >= 11 is 3.45. The van der Waals surface area contributed by atoms with Crippen LogP contribution in [0.4, 0.5) is 11.6 Å². The van der Waals surface area contributed by atoms with E-state index in [2.05, 4.69) is 36.2 Å². The first-order chi connectivity index (χ1) is 9.17. The van der Waals surface area contributed by atoms with Crippen molar-refractivity contribution in [1.29, 1.82) is 0 Å². The number of nitrogens with zero attached hydrogens (tertiary/aromatic N) is 2. The molecule has 5 nitrogen and oxygen atoms in total. The van der Waals surface area contributed by atoms with Gasteiger partial charge in [0.15, 0.2) is 0 Å². The van der Waals surface area contributed by atoms with Crippen molar-refractivity contribution in [3.05, 3.63) is 33.9 Å². The molecule has 1 aromatic carbocycles. The lowest BCUT2D eigenvalue weighted by Gasteiger charge is -2.00. The predicted octanol–water partition coefficient (Wildman–Crippen LogP) is 3.18. The monoisotopic (exact) mass is 318 g/mol. The smallest absolute Gasteiger partial charge is 0.238 e. The Kier molecular flexibility index (Phi) is 2.87. The zero-order valence-corrected chi connectivity index (χ0v) is 11.7. The largest absolute Gasteiger partial charge is 0.492 e. The van der Waals surface area contributed by atoms with Crippen molar-refractivity contribution in [3.63, 3.8) is 0 Å². The highest BCUT2D eigenvalue weighted by molar-refractivity contribution is 9.10. The van der Waals surface area contributed by atoms with Gasteiger partial charge in [-0.2, -0.15) is 4.98 Å². The van der Waals surface area contributed by atoms with Crippen molar-refractivity contribution in [2.24, 2.45) is 4.99 Å². The van der Waals surface area contributed by atoms with Crippen molar-refractivity contribution < 1.29 is 5.11 Å². The predicted molar refractivity (Wildman–Crippen MR) is 80.0 cm³/mol. The maximum absolute atomic E-state index is 9.74. The van der Waals surface area contributed by atoms with Gasteiger partial charge in [0.05, 0.1) is 5.69 Å². The minimum atomic E-state index is -0.0336. The van der Waals surface area contributed by atoms with Gasteiger partial charge < -0.3 is 15.4 Å². The van der Waals surface area contributed by atoms with Crippen LogP contribution in [0.3, 0.4) is 0 Å². The lowest BCUT2D eigenvalue weighted by molar-refractivity contribution is 0.455. The van der Waals surface area contributed by atoms with Crippen LogP contribution in [0.1, 0.15) is 11.3 Å². The topological polar surface area (TPSA) is 73.3 Å². The number of rotatable bonds is 2. The first-order valence-corrected chi connectivity index (χ1v) is 6.49. The molecule has 0 fully saturated rings. The number of aliphatic imine (C=N–C) groups is 1. The highest BCUT2D eigenvalue weighted by atomic mass is 79.9. The molecule has 3 rings (SSSR count). The van der Waals surface area contributed by atoms with Crippen molar-refractivity contribution in [3.8, 4) is 5.88 Å². The third-order valence-electron chi connectivity index (χ3n) is 2.86. The van der Waals surface area contributed by atoms with E-state index in [1.54, 1.807) is 13.3 Å². The number of aromatic hydroxyl groups is 1. The molecule has 2 heterocycles. The number of hydrogen-bond acceptors (Lipinski definition) is 4. The van der Waals surface area contributed by atoms with E-state index in [0.717, 1.165) is 21.3 Å². The fraction of sp³-hybridized carbons (Fsp3) is 0.0769. The SMILES string of the molecule is CNc1nc(O)c(/C=C2\C=Nc3ccc(Br)cc32)[nH]1. The molecule has 0 saturated heterocycles. The zero-order valence-electron chi connectivity index (χ0n) is 10.1. The zero-order chi connectivity index (χ0) is 13.4. The second kappa shape index (κ2) is 4.55. The molecule has 96 valence electrons. The molecule has 0 amide bonds. The molecule has 0 bridgehead atoms. The molecule has 0 radical (unpaired) electrons. The van der Waals surface area contributed by atoms with Crippen molar-refractivity contribution in [1.82, 2.24) is 9.97 Å². The summed E-state index contributed by atoms with van der Waals surface area (Å²) in [6, 6.07) is 5.90. The molecular formula is C13H11BrN4O. The van der Waals surface area contributed by atoms with Gasteiger partial charge in [-0.1, -0.05) is 15.9 Å². The molecule has 0 spiro atoms. The number of H-pyrrole nitrogens is 1. The van der Waals surface area contributed by atoms with Gasteiger partial charge in [0.2, 0.25) is 11.8 Å². The van der Waals surface area contributed by atoms with Crippen LogP contribution in [0.25, 0.3) is 11.6 Å². The first kappa shape index (κ1) is 12.0. The molecule has 0 saturated carbocycles. The first-order valence-electron chi connectivity index (χ1n) is 5.70. The summed E-state index contributed by atoms with van der Waals surface area (Å²) < 4.78 is 0.993. The van der Waals surface area contributed by atoms with Crippen LogP contribution in [0.15, 0.2) is 27.7 Å². The number of hydrogen-bond donors (Lipinski definition) is 3. The van der Waals surface area contributed by atoms with Crippen LogP contribution >= 0.6 is 15.9 Å². The Morgan fingerprint density at radius 2 is 2.26 bits per heavy atom. The van der Waals surface area contributed by atoms with Crippen molar-refractivity contribution in [2.45, 2.75) is 0 Å². The normalized spacial score (nSPS) is 14.9. The van der Waals surface area contributed by atoms with Crippen LogP contribution in [0, 0.1) is 0 Å². The number of allylic oxidation sites excluding steroid dienone is 1. The molecule has 3 N–H and O–H groups in total. The fourth-order valence-electron chi connectivity index (χ4n) is 1.93. The van der Waals surface area contributed by atoms with Gasteiger partial charge in [0.25, 0.3) is 0 Å². The van der Waals surface area contributed by atoms with Crippen LogP contribution in [0.5, 0.6) is 5.88 Å². The number of benzene rings is 1. The average Bonchev–Trinajstić information content (AvgIpc) is 2.95. The van der Waals surface area contributed by atoms with Gasteiger partial charge in [-0.15, -0.1) is 0 Å². The Morgan fingerprint density at radius 1 is 1.42 bits per heavy atom. The van der Waals surface area contributed by atoms with Gasteiger partial charge in [0, 0.05) is 28.9 Å². The lowest BCUT2D eigenvalue weighted by Crippen LogP contribution is -1.89. The second-order valence-corrected chi connectivity index (χ2v) is 5.01. The van der Waals surface area contributed by atoms with E-state index in [0.29, 0.717) is 11.6 Å². The summed E-state index contributed by atoms with van der Waals surface area (Å²) in [4.78, 5) is 11.2. The highest BCUT2D eigenvalue weighted by Crippen LogP contribution is 2.35. The Bertz CT molecular complexity index is 703. The number of imidazole rings is 1. The molecule has 6 heteroatoms. The number of fused-ring (bicyclic) bond motifs is 1. The van der Waals surface area contributed by atoms with E-state index in [1.165, 1.54) is 0 Å². The Morgan fingerprint density at radius 3 is 3.00 bits per heavy atom. The standard InChI is InChI=1S/C13H11BrN4O/c1-15-13-17-11(12(19)18-13)4-7-6-16-10-3-2-8(14)5-9(7)10/h2-6,19H,1H3,(H2,15,17,18)/b7-4+. The third-order valence-corrected chi connectivity index (χ3v) is 3.35. The summed E-state index contributed by atoms with van der Waals surface area (Å²) in [6.45, 7) is 0. The molecule has 1 aliphatic rings. The van der Waals surface area contributed by atoms with Crippen LogP contribution < -0.4 is 5.32 Å². The van der Waals surface area contributed by atoms with E-state index < -0.39 is 0 Å². The second-order valence-electron chi connectivity index (χ2n) is 4.09. The summed E-state index contributed by atoms with van der Waals surface area (Å²) in [5.41, 5.74) is 3.42. The maximum atomic E-state index is 9.74. The Balaban J connectivity index is 2.05. The van der Waals surface area contributed by atoms with Crippen LogP contribution in [0.2, 0.25) is 0 Å². The number of anilines is 1. The highest BCUT2D eigenvalue weighted by Gasteiger charge is 2.14. The average molecular weight is 319 g/mol. The summed E-state index contributed by atoms with van der Waals surface area (Å²) in [7, 11) is 1.73. The van der Waals surface area contributed by atoms with Gasteiger partial charge in [-0.3, -0.25) is 4.99 Å². The van der Waals surface area contributed by atoms with Gasteiger partial charge in [-0.25, -0.2) is 0 Å². The van der Waals surface area contributed by atoms with Crippen LogP contribution in [-0.4, -0.2) is 28.3 Å². The summed E-state index contributed by atoms with van der Waals surface area (Å²) in [5.74, 6) is 0.488. The third kappa shape index (κ3) is 2.15. The fourth-order valence-corrected chi connectivity index (χ4v) is 2.29. The maximum Gasteiger partial charge on any atom is 0.238 e. The number of nitrogens with one attached hydrogen (secondary N) is 2. The molecule has 0 aliphatic carbocycles. The molecule has 0 atom stereocenters. The number of aromatic nitrogens is 2. The van der Waals surface area contributed by atoms with E-state index in [1.807, 2.05) is 24.3 Å². The minimum absolute atomic E-state index is 0.0336. The number of halogens is 1. The van der Waals surface area contributed by atoms with Gasteiger partial charge >= 0.3 is 0 Å². The molecule has 0 unspecified atom stereocenters. The van der Waals surface area contributed by atoms with Gasteiger partial charge in [-0.05, 0) is 24.3 Å². The minimum Gasteiger partial charge on any atom is -0.492 e. The Labute approximate surface area is 118 Å². The summed E-state index contributed by atoms with van der Waals surface area (Å²) in [6.07, 6.45) is 3.60. The number of aromatic amines is 1.